The van der Waals surface area contributed by atoms with Crippen LogP contribution in [-0.4, -0.2) is 10.9 Å². The lowest BCUT2D eigenvalue weighted by molar-refractivity contribution is -0.107. The Morgan fingerprint density at radius 1 is 1.53 bits per heavy atom. The van der Waals surface area contributed by atoms with Gasteiger partial charge in [-0.05, 0) is 33.6 Å². The van der Waals surface area contributed by atoms with Gasteiger partial charge in [0.25, 0.3) is 0 Å². The van der Waals surface area contributed by atoms with Crippen molar-refractivity contribution >= 4 is 33.3 Å². The maximum atomic E-state index is 11.3. The molecule has 0 spiro atoms. The average Bonchev–Trinajstić information content (AvgIpc) is 2.43. The van der Waals surface area contributed by atoms with Gasteiger partial charge in [0, 0.05) is 17.9 Å². The van der Waals surface area contributed by atoms with Crippen LogP contribution in [0.1, 0.15) is 5.56 Å². The number of carbonyl (C=O) groups is 1. The number of nitrogens with zero attached hydrogens (tertiary/aromatic N) is 1. The Labute approximate surface area is 93.6 Å². The van der Waals surface area contributed by atoms with Gasteiger partial charge in [0.2, 0.25) is 0 Å². The van der Waals surface area contributed by atoms with Crippen LogP contribution in [0.2, 0.25) is 0 Å². The van der Waals surface area contributed by atoms with Gasteiger partial charge >= 0.3 is 5.76 Å². The molecule has 4 nitrogen and oxygen atoms in total. The van der Waals surface area contributed by atoms with Crippen LogP contribution >= 0.6 is 15.9 Å². The van der Waals surface area contributed by atoms with Gasteiger partial charge < -0.3 is 9.21 Å². The summed E-state index contributed by atoms with van der Waals surface area (Å²) in [5, 5.41) is 0. The average molecular weight is 270 g/mol. The first kappa shape index (κ1) is 10.2. The van der Waals surface area contributed by atoms with Crippen LogP contribution in [0.3, 0.4) is 0 Å². The molecule has 0 aliphatic carbocycles. The van der Waals surface area contributed by atoms with E-state index in [2.05, 4.69) is 15.9 Å². The van der Waals surface area contributed by atoms with Crippen LogP contribution in [0, 0.1) is 0 Å². The van der Waals surface area contributed by atoms with Crippen LogP contribution < -0.4 is 5.76 Å². The Morgan fingerprint density at radius 3 is 2.93 bits per heavy atom. The van der Waals surface area contributed by atoms with Crippen LogP contribution in [0.15, 0.2) is 25.8 Å². The van der Waals surface area contributed by atoms with Gasteiger partial charge in [-0.15, -0.1) is 0 Å². The van der Waals surface area contributed by atoms with Crippen LogP contribution in [0.25, 0.3) is 11.1 Å². The molecular weight excluding hydrogens is 262 g/mol. The molecule has 0 saturated carbocycles. The van der Waals surface area contributed by atoms with E-state index in [0.717, 1.165) is 16.3 Å². The fourth-order valence-corrected chi connectivity index (χ4v) is 2.25. The maximum Gasteiger partial charge on any atom is 0.419 e. The monoisotopic (exact) mass is 269 g/mol. The van der Waals surface area contributed by atoms with E-state index in [0.29, 0.717) is 17.5 Å². The summed E-state index contributed by atoms with van der Waals surface area (Å²) < 4.78 is 7.20. The molecule has 0 N–H and O–H groups in total. The second kappa shape index (κ2) is 3.66. The molecule has 0 saturated heterocycles. The Bertz CT molecular complexity index is 582. The molecule has 78 valence electrons. The fraction of sp³-hybridized carbons (Fsp3) is 0.200. The third-order valence-corrected chi connectivity index (χ3v) is 2.82. The fourth-order valence-electron chi connectivity index (χ4n) is 1.50. The van der Waals surface area contributed by atoms with E-state index in [4.69, 9.17) is 4.42 Å². The zero-order chi connectivity index (χ0) is 11.0. The van der Waals surface area contributed by atoms with Crippen LogP contribution in [-0.2, 0) is 18.3 Å². The lowest BCUT2D eigenvalue weighted by atomic mass is 10.1. The van der Waals surface area contributed by atoms with Gasteiger partial charge in [0.1, 0.15) is 11.8 Å². The molecule has 0 aliphatic rings. The molecule has 2 aromatic rings. The van der Waals surface area contributed by atoms with E-state index in [1.54, 1.807) is 13.1 Å². The molecule has 0 atom stereocenters. The van der Waals surface area contributed by atoms with Gasteiger partial charge in [-0.2, -0.15) is 0 Å². The minimum Gasteiger partial charge on any atom is -0.408 e. The van der Waals surface area contributed by atoms with E-state index in [9.17, 15) is 9.59 Å². The lowest BCUT2D eigenvalue weighted by Crippen LogP contribution is -2.08. The molecule has 1 heterocycles. The van der Waals surface area contributed by atoms with Gasteiger partial charge in [-0.3, -0.25) is 4.57 Å². The van der Waals surface area contributed by atoms with Gasteiger partial charge in [0.15, 0.2) is 5.58 Å². The molecule has 0 bridgehead atoms. The first-order chi connectivity index (χ1) is 7.13. The van der Waals surface area contributed by atoms with Crippen molar-refractivity contribution in [3.8, 4) is 0 Å². The van der Waals surface area contributed by atoms with Crippen molar-refractivity contribution in [1.29, 1.82) is 0 Å². The number of carbonyl (C=O) groups excluding carboxylic acids is 1. The third kappa shape index (κ3) is 1.63. The molecule has 0 unspecified atom stereocenters. The van der Waals surface area contributed by atoms with E-state index < -0.39 is 5.76 Å². The maximum absolute atomic E-state index is 11.3. The number of aromatic nitrogens is 1. The van der Waals surface area contributed by atoms with E-state index >= 15 is 0 Å². The van der Waals surface area contributed by atoms with Crippen molar-refractivity contribution in [2.75, 3.05) is 0 Å². The van der Waals surface area contributed by atoms with Crippen molar-refractivity contribution in [2.45, 2.75) is 6.42 Å². The molecule has 1 aromatic carbocycles. The molecule has 0 fully saturated rings. The summed E-state index contributed by atoms with van der Waals surface area (Å²) in [5.41, 5.74) is 2.02. The van der Waals surface area contributed by atoms with Crippen molar-refractivity contribution < 1.29 is 9.21 Å². The van der Waals surface area contributed by atoms with E-state index in [1.807, 2.05) is 6.07 Å². The summed E-state index contributed by atoms with van der Waals surface area (Å²) in [5.74, 6) is -0.408. The highest BCUT2D eigenvalue weighted by atomic mass is 79.9. The predicted molar refractivity (Wildman–Crippen MR) is 58.9 cm³/mol. The molecule has 0 radical (unpaired) electrons. The summed E-state index contributed by atoms with van der Waals surface area (Å²) >= 11 is 3.35. The molecule has 15 heavy (non-hydrogen) atoms. The SMILES string of the molecule is Cn1c(=O)oc2cc(CC=O)cc(Br)c21. The third-order valence-electron chi connectivity index (χ3n) is 2.21. The summed E-state index contributed by atoms with van der Waals surface area (Å²) in [4.78, 5) is 21.6. The predicted octanol–water partition coefficient (Wildman–Crippen LogP) is 1.64. The Morgan fingerprint density at radius 2 is 2.27 bits per heavy atom. The first-order valence-electron chi connectivity index (χ1n) is 4.35. The van der Waals surface area contributed by atoms with Crippen molar-refractivity contribution in [3.63, 3.8) is 0 Å². The lowest BCUT2D eigenvalue weighted by Gasteiger charge is -1.99. The molecule has 0 aliphatic heterocycles. The number of halogens is 1. The Balaban J connectivity index is 2.78. The van der Waals surface area contributed by atoms with Gasteiger partial charge in [-0.1, -0.05) is 0 Å². The Hall–Kier alpha value is -1.36. The number of fused-ring (bicyclic) bond motifs is 1. The highest BCUT2D eigenvalue weighted by molar-refractivity contribution is 9.10. The Kier molecular flexibility index (Phi) is 2.48. The number of hydrogen-bond acceptors (Lipinski definition) is 3. The molecular formula is C10H8BrNO3. The van der Waals surface area contributed by atoms with Crippen LogP contribution in [0.5, 0.6) is 0 Å². The normalized spacial score (nSPS) is 10.8. The number of rotatable bonds is 2. The number of benzene rings is 1. The standard InChI is InChI=1S/C10H8BrNO3/c1-12-9-7(11)4-6(2-3-13)5-8(9)15-10(12)14/h3-5H,2H2,1H3. The summed E-state index contributed by atoms with van der Waals surface area (Å²) in [6, 6.07) is 3.52. The van der Waals surface area contributed by atoms with E-state index in [-0.39, 0.29) is 0 Å². The van der Waals surface area contributed by atoms with Crippen molar-refractivity contribution in [2.24, 2.45) is 7.05 Å². The zero-order valence-electron chi connectivity index (χ0n) is 7.99. The zero-order valence-corrected chi connectivity index (χ0v) is 9.58. The van der Waals surface area contributed by atoms with Crippen LogP contribution in [0.4, 0.5) is 0 Å². The minimum atomic E-state index is -0.408. The van der Waals surface area contributed by atoms with Crippen molar-refractivity contribution in [3.05, 3.63) is 32.7 Å². The smallest absolute Gasteiger partial charge is 0.408 e. The minimum absolute atomic E-state index is 0.313. The number of aryl methyl sites for hydroxylation is 1. The number of oxazole rings is 1. The highest BCUT2D eigenvalue weighted by Crippen LogP contribution is 2.24. The molecule has 2 rings (SSSR count). The summed E-state index contributed by atoms with van der Waals surface area (Å²) in [7, 11) is 1.64. The second-order valence-electron chi connectivity index (χ2n) is 3.22. The summed E-state index contributed by atoms with van der Waals surface area (Å²) in [6.45, 7) is 0. The van der Waals surface area contributed by atoms with Crippen molar-refractivity contribution in [1.82, 2.24) is 4.57 Å². The number of hydrogen-bond donors (Lipinski definition) is 0. The highest BCUT2D eigenvalue weighted by Gasteiger charge is 2.10. The van der Waals surface area contributed by atoms with E-state index in [1.165, 1.54) is 4.57 Å². The van der Waals surface area contributed by atoms with Gasteiger partial charge in [-0.25, -0.2) is 4.79 Å². The molecule has 1 aromatic heterocycles. The number of aldehydes is 1. The first-order valence-corrected chi connectivity index (χ1v) is 5.14. The largest absolute Gasteiger partial charge is 0.419 e. The molecule has 0 amide bonds. The quantitative estimate of drug-likeness (QED) is 0.779. The summed E-state index contributed by atoms with van der Waals surface area (Å²) in [6.07, 6.45) is 1.13. The van der Waals surface area contributed by atoms with Gasteiger partial charge in [0.05, 0.1) is 0 Å². The topological polar surface area (TPSA) is 52.2 Å². The molecule has 5 heteroatoms. The second-order valence-corrected chi connectivity index (χ2v) is 4.08.